The lowest BCUT2D eigenvalue weighted by Crippen LogP contribution is -2.32. The third kappa shape index (κ3) is 4.92. The summed E-state index contributed by atoms with van der Waals surface area (Å²) in [5, 5.41) is 3.56. The largest absolute Gasteiger partial charge is 0.314 e. The van der Waals surface area contributed by atoms with E-state index in [0.717, 1.165) is 28.2 Å². The molecule has 0 saturated carbocycles. The number of hydrogen-bond acceptors (Lipinski definition) is 2. The van der Waals surface area contributed by atoms with Gasteiger partial charge < -0.3 is 5.32 Å². The zero-order valence-electron chi connectivity index (χ0n) is 10.8. The second kappa shape index (κ2) is 7.44. The van der Waals surface area contributed by atoms with Gasteiger partial charge in [-0.05, 0) is 49.2 Å². The van der Waals surface area contributed by atoms with E-state index in [9.17, 15) is 0 Å². The third-order valence-corrected chi connectivity index (χ3v) is 4.69. The van der Waals surface area contributed by atoms with E-state index in [2.05, 4.69) is 58.5 Å². The molecule has 1 atom stereocenters. The quantitative estimate of drug-likeness (QED) is 0.772. The molecule has 0 bridgehead atoms. The minimum atomic E-state index is 0.453. The fourth-order valence-corrected chi connectivity index (χ4v) is 3.77. The lowest BCUT2D eigenvalue weighted by Gasteiger charge is -2.17. The molecule has 0 aliphatic rings. The van der Waals surface area contributed by atoms with Crippen LogP contribution in [-0.4, -0.2) is 12.6 Å². The summed E-state index contributed by atoms with van der Waals surface area (Å²) in [4.78, 5) is 1.34. The van der Waals surface area contributed by atoms with Gasteiger partial charge in [0.2, 0.25) is 0 Å². The molecule has 0 fully saturated rings. The highest BCUT2D eigenvalue weighted by Gasteiger charge is 2.11. The van der Waals surface area contributed by atoms with E-state index in [1.807, 2.05) is 6.07 Å². The Balaban J connectivity index is 2.03. The number of nitrogens with one attached hydrogen (secondary N) is 1. The second-order valence-electron chi connectivity index (χ2n) is 4.50. The molecule has 1 aromatic carbocycles. The van der Waals surface area contributed by atoms with Crippen LogP contribution in [0.5, 0.6) is 0 Å². The highest BCUT2D eigenvalue weighted by atomic mass is 79.9. The average Bonchev–Trinajstić information content (AvgIpc) is 2.75. The van der Waals surface area contributed by atoms with Crippen LogP contribution in [0.15, 0.2) is 40.9 Å². The van der Waals surface area contributed by atoms with Gasteiger partial charge in [0.1, 0.15) is 0 Å². The average molecular weight is 359 g/mol. The fourth-order valence-electron chi connectivity index (χ4n) is 2.16. The SMILES string of the molecule is CCNC(Cc1cccc(Br)c1)Cc1ccc(Cl)s1. The Bertz CT molecular complexity index is 526. The molecule has 1 aromatic heterocycles. The Hall–Kier alpha value is -0.350. The highest BCUT2D eigenvalue weighted by molar-refractivity contribution is 9.10. The van der Waals surface area contributed by atoms with Crippen molar-refractivity contribution in [3.8, 4) is 0 Å². The van der Waals surface area contributed by atoms with Crippen LogP contribution >= 0.6 is 38.9 Å². The van der Waals surface area contributed by atoms with Gasteiger partial charge in [0.25, 0.3) is 0 Å². The summed E-state index contributed by atoms with van der Waals surface area (Å²) in [5.74, 6) is 0. The number of rotatable bonds is 6. The van der Waals surface area contributed by atoms with Gasteiger partial charge in [-0.1, -0.05) is 46.6 Å². The smallest absolute Gasteiger partial charge is 0.0931 e. The molecular formula is C15H17BrClNS. The van der Waals surface area contributed by atoms with Crippen molar-refractivity contribution in [2.75, 3.05) is 6.54 Å². The summed E-state index contributed by atoms with van der Waals surface area (Å²) in [6, 6.07) is 13.1. The molecule has 0 amide bonds. The first kappa shape index (κ1) is 15.0. The lowest BCUT2D eigenvalue weighted by atomic mass is 10.0. The van der Waals surface area contributed by atoms with E-state index in [1.54, 1.807) is 11.3 Å². The van der Waals surface area contributed by atoms with Crippen molar-refractivity contribution in [1.82, 2.24) is 5.32 Å². The van der Waals surface area contributed by atoms with Gasteiger partial charge in [-0.25, -0.2) is 0 Å². The maximum atomic E-state index is 5.99. The van der Waals surface area contributed by atoms with Crippen LogP contribution < -0.4 is 5.32 Å². The number of halogens is 2. The van der Waals surface area contributed by atoms with Crippen molar-refractivity contribution < 1.29 is 0 Å². The summed E-state index contributed by atoms with van der Waals surface area (Å²) < 4.78 is 2.01. The van der Waals surface area contributed by atoms with Crippen molar-refractivity contribution in [3.63, 3.8) is 0 Å². The first-order chi connectivity index (χ1) is 9.17. The molecule has 0 spiro atoms. The van der Waals surface area contributed by atoms with Crippen LogP contribution in [0.3, 0.4) is 0 Å². The molecule has 1 heterocycles. The normalized spacial score (nSPS) is 12.6. The predicted molar refractivity (Wildman–Crippen MR) is 88.3 cm³/mol. The monoisotopic (exact) mass is 357 g/mol. The molecule has 102 valence electrons. The van der Waals surface area contributed by atoms with Crippen LogP contribution in [0, 0.1) is 0 Å². The molecule has 1 nitrogen and oxygen atoms in total. The van der Waals surface area contributed by atoms with Gasteiger partial charge in [-0.2, -0.15) is 0 Å². The Morgan fingerprint density at radius 1 is 1.26 bits per heavy atom. The number of thiophene rings is 1. The second-order valence-corrected chi connectivity index (χ2v) is 7.21. The maximum absolute atomic E-state index is 5.99. The molecule has 0 saturated heterocycles. The van der Waals surface area contributed by atoms with E-state index in [-0.39, 0.29) is 0 Å². The molecule has 19 heavy (non-hydrogen) atoms. The van der Waals surface area contributed by atoms with E-state index in [1.165, 1.54) is 10.4 Å². The topological polar surface area (TPSA) is 12.0 Å². The standard InChI is InChI=1S/C15H17BrClNS/c1-2-18-13(10-14-6-7-15(17)19-14)9-11-4-3-5-12(16)8-11/h3-8,13,18H,2,9-10H2,1H3. The Morgan fingerprint density at radius 2 is 2.11 bits per heavy atom. The first-order valence-corrected chi connectivity index (χ1v) is 8.38. The molecule has 2 rings (SSSR count). The van der Waals surface area contributed by atoms with Gasteiger partial charge in [0.15, 0.2) is 0 Å². The van der Waals surface area contributed by atoms with Gasteiger partial charge in [-0.3, -0.25) is 0 Å². The van der Waals surface area contributed by atoms with Crippen LogP contribution in [0.1, 0.15) is 17.4 Å². The van der Waals surface area contributed by atoms with E-state index in [0.29, 0.717) is 6.04 Å². The molecular weight excluding hydrogens is 342 g/mol. The van der Waals surface area contributed by atoms with Crippen molar-refractivity contribution >= 4 is 38.9 Å². The molecule has 4 heteroatoms. The number of hydrogen-bond donors (Lipinski definition) is 1. The first-order valence-electron chi connectivity index (χ1n) is 6.39. The Labute approximate surface area is 132 Å². The minimum Gasteiger partial charge on any atom is -0.314 e. The van der Waals surface area contributed by atoms with Gasteiger partial charge in [0.05, 0.1) is 4.34 Å². The molecule has 0 aliphatic carbocycles. The molecule has 2 aromatic rings. The molecule has 1 unspecified atom stereocenters. The summed E-state index contributed by atoms with van der Waals surface area (Å²) in [7, 11) is 0. The van der Waals surface area contributed by atoms with Gasteiger partial charge in [-0.15, -0.1) is 11.3 Å². The van der Waals surface area contributed by atoms with Gasteiger partial charge >= 0.3 is 0 Å². The van der Waals surface area contributed by atoms with Gasteiger partial charge in [0, 0.05) is 15.4 Å². The molecule has 0 radical (unpaired) electrons. The van der Waals surface area contributed by atoms with E-state index in [4.69, 9.17) is 11.6 Å². The minimum absolute atomic E-state index is 0.453. The van der Waals surface area contributed by atoms with Crippen LogP contribution in [0.25, 0.3) is 0 Å². The zero-order chi connectivity index (χ0) is 13.7. The van der Waals surface area contributed by atoms with Crippen molar-refractivity contribution in [1.29, 1.82) is 0 Å². The fraction of sp³-hybridized carbons (Fsp3) is 0.333. The van der Waals surface area contributed by atoms with Crippen molar-refractivity contribution in [3.05, 3.63) is 55.6 Å². The zero-order valence-corrected chi connectivity index (χ0v) is 14.0. The number of benzene rings is 1. The summed E-state index contributed by atoms with van der Waals surface area (Å²) in [5.41, 5.74) is 1.35. The Morgan fingerprint density at radius 3 is 2.74 bits per heavy atom. The van der Waals surface area contributed by atoms with Crippen molar-refractivity contribution in [2.24, 2.45) is 0 Å². The molecule has 1 N–H and O–H groups in total. The van der Waals surface area contributed by atoms with Crippen molar-refractivity contribution in [2.45, 2.75) is 25.8 Å². The van der Waals surface area contributed by atoms with Crippen LogP contribution in [0.4, 0.5) is 0 Å². The van der Waals surface area contributed by atoms with Crippen LogP contribution in [0.2, 0.25) is 4.34 Å². The maximum Gasteiger partial charge on any atom is 0.0931 e. The van der Waals surface area contributed by atoms with E-state index >= 15 is 0 Å². The summed E-state index contributed by atoms with van der Waals surface area (Å²) >= 11 is 11.2. The third-order valence-electron chi connectivity index (χ3n) is 2.94. The lowest BCUT2D eigenvalue weighted by molar-refractivity contribution is 0.524. The summed E-state index contributed by atoms with van der Waals surface area (Å²) in [6.45, 7) is 3.13. The highest BCUT2D eigenvalue weighted by Crippen LogP contribution is 2.23. The van der Waals surface area contributed by atoms with E-state index < -0.39 is 0 Å². The van der Waals surface area contributed by atoms with Crippen LogP contribution in [-0.2, 0) is 12.8 Å². The number of likely N-dealkylation sites (N-methyl/N-ethyl adjacent to an activating group) is 1. The summed E-state index contributed by atoms with van der Waals surface area (Å²) in [6.07, 6.45) is 2.06. The molecule has 0 aliphatic heterocycles. The Kier molecular flexibility index (Phi) is 5.89. The predicted octanol–water partition coefficient (Wildman–Crippen LogP) is 4.93.